The number of halogens is 1. The van der Waals surface area contributed by atoms with Gasteiger partial charge in [-0.1, -0.05) is 117 Å². The van der Waals surface area contributed by atoms with Crippen molar-refractivity contribution >= 4 is 5.91 Å². The SMILES string of the molecule is CCCCCCCCCCCC[N+](C)(CCCCCCCCCCCC)CN1CCCC1=O.[Cl-]. The Morgan fingerprint density at radius 2 is 0.971 bits per heavy atom. The van der Waals surface area contributed by atoms with Crippen molar-refractivity contribution in [1.29, 1.82) is 0 Å². The van der Waals surface area contributed by atoms with E-state index in [1.807, 2.05) is 0 Å². The molecule has 1 aliphatic heterocycles. The molecule has 0 unspecified atom stereocenters. The first-order chi connectivity index (χ1) is 16.1. The van der Waals surface area contributed by atoms with Crippen LogP contribution in [0.3, 0.4) is 0 Å². The average molecular weight is 501 g/mol. The van der Waals surface area contributed by atoms with Gasteiger partial charge in [-0.15, -0.1) is 0 Å². The Balaban J connectivity index is 0.0000109. The Morgan fingerprint density at radius 1 is 0.618 bits per heavy atom. The fourth-order valence-corrected chi connectivity index (χ4v) is 5.48. The van der Waals surface area contributed by atoms with Gasteiger partial charge in [-0.05, 0) is 32.1 Å². The van der Waals surface area contributed by atoms with E-state index in [0.29, 0.717) is 5.91 Å². The van der Waals surface area contributed by atoms with Crippen molar-refractivity contribution in [2.45, 2.75) is 155 Å². The zero-order valence-electron chi connectivity index (χ0n) is 23.6. The van der Waals surface area contributed by atoms with Gasteiger partial charge in [-0.3, -0.25) is 9.69 Å². The molecule has 0 aliphatic carbocycles. The minimum Gasteiger partial charge on any atom is -1.00 e. The van der Waals surface area contributed by atoms with Crippen LogP contribution >= 0.6 is 0 Å². The fourth-order valence-electron chi connectivity index (χ4n) is 5.48. The normalized spacial score (nSPS) is 14.1. The molecule has 0 aromatic heterocycles. The van der Waals surface area contributed by atoms with Crippen LogP contribution in [0.4, 0.5) is 0 Å². The quantitative estimate of drug-likeness (QED) is 0.120. The maximum atomic E-state index is 12.3. The molecule has 0 aromatic carbocycles. The predicted molar refractivity (Wildman–Crippen MR) is 145 cm³/mol. The molecule has 0 aromatic rings. The number of quaternary nitrogens is 1. The van der Waals surface area contributed by atoms with E-state index in [2.05, 4.69) is 25.8 Å². The molecule has 4 heteroatoms. The Labute approximate surface area is 220 Å². The van der Waals surface area contributed by atoms with Crippen molar-refractivity contribution in [2.24, 2.45) is 0 Å². The van der Waals surface area contributed by atoms with Gasteiger partial charge >= 0.3 is 0 Å². The van der Waals surface area contributed by atoms with Crippen molar-refractivity contribution < 1.29 is 21.7 Å². The Hall–Kier alpha value is -0.280. The van der Waals surface area contributed by atoms with Crippen LogP contribution in [0.25, 0.3) is 0 Å². The smallest absolute Gasteiger partial charge is 0.226 e. The number of unbranched alkanes of at least 4 members (excludes halogenated alkanes) is 18. The van der Waals surface area contributed by atoms with Gasteiger partial charge in [0, 0.05) is 13.0 Å². The van der Waals surface area contributed by atoms with Gasteiger partial charge in [0.05, 0.1) is 20.1 Å². The molecule has 0 radical (unpaired) electrons. The molecule has 1 rings (SSSR count). The van der Waals surface area contributed by atoms with E-state index < -0.39 is 0 Å². The fraction of sp³-hybridized carbons (Fsp3) is 0.967. The van der Waals surface area contributed by atoms with Crippen LogP contribution in [0, 0.1) is 0 Å². The molecule has 1 amide bonds. The maximum absolute atomic E-state index is 12.3. The summed E-state index contributed by atoms with van der Waals surface area (Å²) < 4.78 is 1.08. The number of nitrogens with zero attached hydrogens (tertiary/aromatic N) is 2. The molecule has 1 fully saturated rings. The third kappa shape index (κ3) is 18.1. The lowest BCUT2D eigenvalue weighted by Gasteiger charge is -2.38. The third-order valence-electron chi connectivity index (χ3n) is 7.79. The number of hydrogen-bond acceptors (Lipinski definition) is 1. The molecular formula is C30H61ClN2O. The summed E-state index contributed by atoms with van der Waals surface area (Å²) >= 11 is 0. The summed E-state index contributed by atoms with van der Waals surface area (Å²) in [5.41, 5.74) is 0. The van der Waals surface area contributed by atoms with Crippen molar-refractivity contribution in [3.05, 3.63) is 0 Å². The summed E-state index contributed by atoms with van der Waals surface area (Å²) in [6.07, 6.45) is 29.8. The zero-order chi connectivity index (χ0) is 24.0. The molecule has 34 heavy (non-hydrogen) atoms. The summed E-state index contributed by atoms with van der Waals surface area (Å²) in [7, 11) is 2.42. The Morgan fingerprint density at radius 3 is 1.29 bits per heavy atom. The molecule has 0 spiro atoms. The van der Waals surface area contributed by atoms with E-state index in [9.17, 15) is 4.79 Å². The van der Waals surface area contributed by atoms with Crippen LogP contribution in [0.1, 0.15) is 155 Å². The number of carbonyl (C=O) groups is 1. The van der Waals surface area contributed by atoms with Crippen LogP contribution < -0.4 is 12.4 Å². The molecule has 0 atom stereocenters. The van der Waals surface area contributed by atoms with Crippen LogP contribution in [-0.4, -0.2) is 48.6 Å². The Bertz CT molecular complexity index is 433. The van der Waals surface area contributed by atoms with Crippen molar-refractivity contribution in [3.8, 4) is 0 Å². The predicted octanol–water partition coefficient (Wildman–Crippen LogP) is 5.86. The van der Waals surface area contributed by atoms with Crippen molar-refractivity contribution in [3.63, 3.8) is 0 Å². The first kappa shape index (κ1) is 33.7. The molecule has 0 saturated carbocycles. The molecule has 3 nitrogen and oxygen atoms in total. The standard InChI is InChI=1S/C30H61N2O.ClH/c1-4-6-8-10-12-14-16-18-20-22-27-32(3,29-31-26-24-25-30(31)33)28-23-21-19-17-15-13-11-9-7-5-2;/h4-29H2,1-3H3;1H/q+1;/p-1. The monoisotopic (exact) mass is 500 g/mol. The molecule has 204 valence electrons. The lowest BCUT2D eigenvalue weighted by molar-refractivity contribution is -0.918. The summed E-state index contributed by atoms with van der Waals surface area (Å²) in [5.74, 6) is 0.394. The number of amides is 1. The minimum absolute atomic E-state index is 0. The van der Waals surface area contributed by atoms with Gasteiger partial charge in [0.2, 0.25) is 5.91 Å². The second kappa shape index (κ2) is 23.1. The average Bonchev–Trinajstić information content (AvgIpc) is 3.20. The van der Waals surface area contributed by atoms with E-state index in [0.717, 1.165) is 30.5 Å². The number of carbonyl (C=O) groups excluding carboxylic acids is 1. The van der Waals surface area contributed by atoms with Gasteiger partial charge in [-0.25, -0.2) is 0 Å². The Kier molecular flexibility index (Phi) is 22.9. The number of hydrogen-bond donors (Lipinski definition) is 0. The first-order valence-electron chi connectivity index (χ1n) is 15.2. The van der Waals surface area contributed by atoms with Crippen LogP contribution in [0.2, 0.25) is 0 Å². The molecule has 0 bridgehead atoms. The highest BCUT2D eigenvalue weighted by molar-refractivity contribution is 5.77. The lowest BCUT2D eigenvalue weighted by Crippen LogP contribution is -3.00. The second-order valence-corrected chi connectivity index (χ2v) is 11.3. The van der Waals surface area contributed by atoms with E-state index >= 15 is 0 Å². The molecule has 1 heterocycles. The lowest BCUT2D eigenvalue weighted by atomic mass is 10.1. The zero-order valence-corrected chi connectivity index (χ0v) is 24.3. The molecular weight excluding hydrogens is 440 g/mol. The van der Waals surface area contributed by atoms with E-state index in [-0.39, 0.29) is 12.4 Å². The second-order valence-electron chi connectivity index (χ2n) is 11.3. The van der Waals surface area contributed by atoms with Crippen LogP contribution in [0.5, 0.6) is 0 Å². The van der Waals surface area contributed by atoms with Gasteiger partial charge in [-0.2, -0.15) is 0 Å². The highest BCUT2D eigenvalue weighted by Gasteiger charge is 2.29. The van der Waals surface area contributed by atoms with Crippen molar-refractivity contribution in [1.82, 2.24) is 4.90 Å². The molecule has 0 N–H and O–H groups in total. The van der Waals surface area contributed by atoms with E-state index in [1.54, 1.807) is 0 Å². The maximum Gasteiger partial charge on any atom is 0.226 e. The van der Waals surface area contributed by atoms with Gasteiger partial charge < -0.3 is 16.9 Å². The topological polar surface area (TPSA) is 20.3 Å². The summed E-state index contributed by atoms with van der Waals surface area (Å²) in [5, 5.41) is 0. The van der Waals surface area contributed by atoms with Gasteiger partial charge in [0.25, 0.3) is 0 Å². The van der Waals surface area contributed by atoms with E-state index in [4.69, 9.17) is 0 Å². The largest absolute Gasteiger partial charge is 1.00 e. The molecule has 1 aliphatic rings. The van der Waals surface area contributed by atoms with Crippen LogP contribution in [0.15, 0.2) is 0 Å². The summed E-state index contributed by atoms with van der Waals surface area (Å²) in [4.78, 5) is 14.4. The third-order valence-corrected chi connectivity index (χ3v) is 7.79. The van der Waals surface area contributed by atoms with Crippen LogP contribution in [-0.2, 0) is 4.79 Å². The summed E-state index contributed by atoms with van der Waals surface area (Å²) in [6.45, 7) is 9.02. The number of rotatable bonds is 24. The minimum atomic E-state index is 0. The highest BCUT2D eigenvalue weighted by atomic mass is 35.5. The highest BCUT2D eigenvalue weighted by Crippen LogP contribution is 2.19. The van der Waals surface area contributed by atoms with Gasteiger partial charge in [0.15, 0.2) is 6.67 Å². The molecule has 1 saturated heterocycles. The number of likely N-dealkylation sites (tertiary alicyclic amines) is 1. The first-order valence-corrected chi connectivity index (χ1v) is 15.2. The van der Waals surface area contributed by atoms with E-state index in [1.165, 1.54) is 142 Å². The summed E-state index contributed by atoms with van der Waals surface area (Å²) in [6, 6.07) is 0. The van der Waals surface area contributed by atoms with Crippen molar-refractivity contribution in [2.75, 3.05) is 33.4 Å². The van der Waals surface area contributed by atoms with Gasteiger partial charge in [0.1, 0.15) is 0 Å².